The number of ether oxygens (including phenoxy) is 3. The van der Waals surface area contributed by atoms with Crippen molar-refractivity contribution < 1.29 is 14.2 Å². The highest BCUT2D eigenvalue weighted by atomic mass is 16.5. The second-order valence-electron chi connectivity index (χ2n) is 5.76. The fourth-order valence-corrected chi connectivity index (χ4v) is 3.69. The van der Waals surface area contributed by atoms with Crippen LogP contribution in [0.1, 0.15) is 30.7 Å². The van der Waals surface area contributed by atoms with Crippen molar-refractivity contribution >= 4 is 0 Å². The molecule has 20 heavy (non-hydrogen) atoms. The van der Waals surface area contributed by atoms with Gasteiger partial charge in [0.2, 0.25) is 5.75 Å². The summed E-state index contributed by atoms with van der Waals surface area (Å²) in [5, 5.41) is 3.66. The summed E-state index contributed by atoms with van der Waals surface area (Å²) in [5.41, 5.74) is 1.29. The third-order valence-corrected chi connectivity index (χ3v) is 4.74. The fraction of sp³-hybridized carbons (Fsp3) is 0.625. The molecule has 1 aliphatic carbocycles. The number of methoxy groups -OCH3 is 3. The number of hydrogen-bond acceptors (Lipinski definition) is 4. The molecule has 2 aliphatic heterocycles. The SMILES string of the molecule is COc1cc(C2C[C@H]3CC[C@H]2NC3)cc(OC)c1OC. The highest BCUT2D eigenvalue weighted by Crippen LogP contribution is 2.45. The number of rotatable bonds is 4. The Morgan fingerprint density at radius 2 is 1.70 bits per heavy atom. The normalized spacial score (nSPS) is 28.2. The summed E-state index contributed by atoms with van der Waals surface area (Å²) in [6, 6.07) is 4.80. The molecule has 2 heterocycles. The van der Waals surface area contributed by atoms with E-state index in [1.54, 1.807) is 21.3 Å². The second-order valence-corrected chi connectivity index (χ2v) is 5.76. The Bertz CT molecular complexity index is 456. The van der Waals surface area contributed by atoms with Gasteiger partial charge in [-0.25, -0.2) is 0 Å². The molecule has 4 heteroatoms. The summed E-state index contributed by atoms with van der Waals surface area (Å²) in [5.74, 6) is 3.54. The summed E-state index contributed by atoms with van der Waals surface area (Å²) >= 11 is 0. The van der Waals surface area contributed by atoms with E-state index in [2.05, 4.69) is 17.4 Å². The molecule has 0 amide bonds. The Morgan fingerprint density at radius 1 is 1.00 bits per heavy atom. The summed E-state index contributed by atoms with van der Waals surface area (Å²) in [4.78, 5) is 0. The minimum Gasteiger partial charge on any atom is -0.493 e. The number of fused-ring (bicyclic) bond motifs is 3. The van der Waals surface area contributed by atoms with E-state index in [0.29, 0.717) is 17.7 Å². The van der Waals surface area contributed by atoms with Crippen molar-refractivity contribution in [3.05, 3.63) is 17.7 Å². The summed E-state index contributed by atoms with van der Waals surface area (Å²) in [6.45, 7) is 1.17. The van der Waals surface area contributed by atoms with E-state index in [-0.39, 0.29) is 0 Å². The van der Waals surface area contributed by atoms with Crippen LogP contribution in [0.15, 0.2) is 12.1 Å². The minimum atomic E-state index is 0.552. The van der Waals surface area contributed by atoms with Crippen LogP contribution in [0.5, 0.6) is 17.2 Å². The molecular weight excluding hydrogens is 254 g/mol. The molecule has 1 aromatic carbocycles. The zero-order valence-corrected chi connectivity index (χ0v) is 12.4. The first-order valence-corrected chi connectivity index (χ1v) is 7.30. The fourth-order valence-electron chi connectivity index (χ4n) is 3.69. The van der Waals surface area contributed by atoms with Gasteiger partial charge in [0.15, 0.2) is 11.5 Å². The van der Waals surface area contributed by atoms with Gasteiger partial charge in [-0.15, -0.1) is 0 Å². The first-order chi connectivity index (χ1) is 9.76. The van der Waals surface area contributed by atoms with Gasteiger partial charge in [0.05, 0.1) is 21.3 Å². The summed E-state index contributed by atoms with van der Waals surface area (Å²) in [6.07, 6.45) is 3.89. The van der Waals surface area contributed by atoms with Crippen LogP contribution < -0.4 is 19.5 Å². The van der Waals surface area contributed by atoms with Crippen molar-refractivity contribution in [3.63, 3.8) is 0 Å². The van der Waals surface area contributed by atoms with Gasteiger partial charge in [-0.3, -0.25) is 0 Å². The maximum absolute atomic E-state index is 5.46. The van der Waals surface area contributed by atoms with Crippen LogP contribution in [0.2, 0.25) is 0 Å². The van der Waals surface area contributed by atoms with Crippen LogP contribution in [-0.2, 0) is 0 Å². The molecule has 0 spiro atoms. The second kappa shape index (κ2) is 5.52. The van der Waals surface area contributed by atoms with E-state index in [1.165, 1.54) is 31.4 Å². The average molecular weight is 277 g/mol. The highest BCUT2D eigenvalue weighted by molar-refractivity contribution is 5.54. The van der Waals surface area contributed by atoms with Crippen LogP contribution >= 0.6 is 0 Å². The molecule has 0 radical (unpaired) electrons. The Hall–Kier alpha value is -1.42. The molecule has 3 fully saturated rings. The Morgan fingerprint density at radius 3 is 2.10 bits per heavy atom. The average Bonchev–Trinajstić information content (AvgIpc) is 2.54. The number of nitrogens with one attached hydrogen (secondary N) is 1. The molecule has 0 aromatic heterocycles. The van der Waals surface area contributed by atoms with E-state index in [1.807, 2.05) is 0 Å². The maximum Gasteiger partial charge on any atom is 0.203 e. The standard InChI is InChI=1S/C16H23NO3/c1-18-14-7-11(8-15(19-2)16(14)20-3)12-6-10-4-5-13(12)17-9-10/h7-8,10,12-13,17H,4-6,9H2,1-3H3/t10-,12?,13-/m1/s1. The van der Waals surface area contributed by atoms with Crippen LogP contribution in [0.25, 0.3) is 0 Å². The molecule has 2 bridgehead atoms. The predicted octanol–water partition coefficient (Wildman–Crippen LogP) is 2.57. The molecule has 3 atom stereocenters. The van der Waals surface area contributed by atoms with E-state index in [0.717, 1.165) is 17.4 Å². The lowest BCUT2D eigenvalue weighted by Gasteiger charge is -2.43. The first kappa shape index (κ1) is 13.6. The number of benzene rings is 1. The van der Waals surface area contributed by atoms with Crippen molar-refractivity contribution in [1.82, 2.24) is 5.32 Å². The molecule has 4 rings (SSSR count). The van der Waals surface area contributed by atoms with E-state index in [9.17, 15) is 0 Å². The third-order valence-electron chi connectivity index (χ3n) is 4.74. The molecule has 3 aliphatic rings. The highest BCUT2D eigenvalue weighted by Gasteiger charge is 2.36. The van der Waals surface area contributed by atoms with Crippen LogP contribution in [0.4, 0.5) is 0 Å². The lowest BCUT2D eigenvalue weighted by molar-refractivity contribution is 0.182. The number of hydrogen-bond donors (Lipinski definition) is 1. The third kappa shape index (κ3) is 2.22. The summed E-state index contributed by atoms with van der Waals surface area (Å²) < 4.78 is 16.3. The van der Waals surface area contributed by atoms with Crippen LogP contribution in [0.3, 0.4) is 0 Å². The Balaban J connectivity index is 1.97. The van der Waals surface area contributed by atoms with Crippen molar-refractivity contribution in [3.8, 4) is 17.2 Å². The van der Waals surface area contributed by atoms with Crippen molar-refractivity contribution in [1.29, 1.82) is 0 Å². The monoisotopic (exact) mass is 277 g/mol. The van der Waals surface area contributed by atoms with Crippen molar-refractivity contribution in [2.24, 2.45) is 5.92 Å². The van der Waals surface area contributed by atoms with Gasteiger partial charge < -0.3 is 19.5 Å². The molecule has 110 valence electrons. The summed E-state index contributed by atoms with van der Waals surface area (Å²) in [7, 11) is 4.99. The van der Waals surface area contributed by atoms with E-state index in [4.69, 9.17) is 14.2 Å². The smallest absolute Gasteiger partial charge is 0.203 e. The largest absolute Gasteiger partial charge is 0.493 e. The quantitative estimate of drug-likeness (QED) is 0.918. The van der Waals surface area contributed by atoms with Gasteiger partial charge in [0.25, 0.3) is 0 Å². The Kier molecular flexibility index (Phi) is 3.74. The molecule has 2 saturated heterocycles. The molecule has 1 N–H and O–H groups in total. The van der Waals surface area contributed by atoms with Crippen molar-refractivity contribution in [2.75, 3.05) is 27.9 Å². The minimum absolute atomic E-state index is 0.552. The van der Waals surface area contributed by atoms with Crippen LogP contribution in [0, 0.1) is 5.92 Å². The zero-order chi connectivity index (χ0) is 14.1. The van der Waals surface area contributed by atoms with Gasteiger partial charge in [-0.1, -0.05) is 0 Å². The molecule has 4 nitrogen and oxygen atoms in total. The topological polar surface area (TPSA) is 39.7 Å². The molecular formula is C16H23NO3. The molecule has 1 saturated carbocycles. The van der Waals surface area contributed by atoms with Gasteiger partial charge in [0, 0.05) is 6.04 Å². The lowest BCUT2D eigenvalue weighted by atomic mass is 9.71. The Labute approximate surface area is 120 Å². The van der Waals surface area contributed by atoms with Crippen LogP contribution in [-0.4, -0.2) is 33.9 Å². The number of piperidine rings is 2. The van der Waals surface area contributed by atoms with E-state index >= 15 is 0 Å². The molecule has 1 unspecified atom stereocenters. The van der Waals surface area contributed by atoms with Gasteiger partial charge in [-0.2, -0.15) is 0 Å². The zero-order valence-electron chi connectivity index (χ0n) is 12.4. The van der Waals surface area contributed by atoms with Gasteiger partial charge >= 0.3 is 0 Å². The maximum atomic E-state index is 5.46. The van der Waals surface area contributed by atoms with Gasteiger partial charge in [0.1, 0.15) is 0 Å². The van der Waals surface area contributed by atoms with Crippen molar-refractivity contribution in [2.45, 2.75) is 31.2 Å². The first-order valence-electron chi connectivity index (χ1n) is 7.30. The molecule has 1 aromatic rings. The van der Waals surface area contributed by atoms with E-state index < -0.39 is 0 Å². The predicted molar refractivity (Wildman–Crippen MR) is 78.0 cm³/mol. The lowest BCUT2D eigenvalue weighted by Crippen LogP contribution is -2.48. The van der Waals surface area contributed by atoms with Gasteiger partial charge in [-0.05, 0) is 55.3 Å².